The van der Waals surface area contributed by atoms with E-state index in [1.54, 1.807) is 6.07 Å². The molecule has 102 valence electrons. The minimum atomic E-state index is -0.190. The molecule has 0 bridgehead atoms. The zero-order valence-electron chi connectivity index (χ0n) is 11.7. The molecule has 1 N–H and O–H groups in total. The molecule has 0 radical (unpaired) electrons. The van der Waals surface area contributed by atoms with Crippen LogP contribution in [0, 0.1) is 12.7 Å². The maximum Gasteiger partial charge on any atom is 0.123 e. The average molecular weight is 261 g/mol. The first-order valence-electron chi connectivity index (χ1n) is 6.58. The summed E-state index contributed by atoms with van der Waals surface area (Å²) < 4.78 is 15.3. The van der Waals surface area contributed by atoms with E-state index < -0.39 is 0 Å². The zero-order valence-corrected chi connectivity index (χ0v) is 11.7. The van der Waals surface area contributed by atoms with Crippen molar-refractivity contribution in [2.24, 2.45) is 0 Å². The number of halogens is 1. The van der Waals surface area contributed by atoms with Crippen molar-refractivity contribution >= 4 is 0 Å². The fourth-order valence-electron chi connectivity index (χ4n) is 2.27. The van der Waals surface area contributed by atoms with Crippen LogP contribution in [0.25, 0.3) is 0 Å². The summed E-state index contributed by atoms with van der Waals surface area (Å²) in [6.07, 6.45) is 4.72. The van der Waals surface area contributed by atoms with Crippen LogP contribution in [-0.4, -0.2) is 16.8 Å². The number of likely N-dealkylation sites (N-methyl/N-ethyl adjacent to an activating group) is 1. The fraction of sp³-hybridized carbons (Fsp3) is 0.400. The highest BCUT2D eigenvalue weighted by molar-refractivity contribution is 5.30. The number of benzene rings is 1. The summed E-state index contributed by atoms with van der Waals surface area (Å²) in [4.78, 5) is 0. The number of aryl methyl sites for hydroxylation is 2. The Balaban J connectivity index is 2.22. The molecule has 1 aromatic heterocycles. The van der Waals surface area contributed by atoms with Gasteiger partial charge < -0.3 is 5.32 Å². The fourth-order valence-corrected chi connectivity index (χ4v) is 2.27. The van der Waals surface area contributed by atoms with E-state index in [0.29, 0.717) is 0 Å². The summed E-state index contributed by atoms with van der Waals surface area (Å²) in [6.45, 7) is 4.93. The second-order valence-corrected chi connectivity index (χ2v) is 4.75. The van der Waals surface area contributed by atoms with Crippen LogP contribution in [0.15, 0.2) is 30.6 Å². The van der Waals surface area contributed by atoms with E-state index in [2.05, 4.69) is 17.3 Å². The SMILES string of the molecule is CCn1cc(CC(NC)c2cc(F)ccc2C)cn1. The van der Waals surface area contributed by atoms with E-state index in [9.17, 15) is 4.39 Å². The second-order valence-electron chi connectivity index (χ2n) is 4.75. The van der Waals surface area contributed by atoms with Crippen LogP contribution < -0.4 is 5.32 Å². The number of hydrogen-bond acceptors (Lipinski definition) is 2. The van der Waals surface area contributed by atoms with Gasteiger partial charge in [0.15, 0.2) is 0 Å². The van der Waals surface area contributed by atoms with Crippen molar-refractivity contribution in [3.63, 3.8) is 0 Å². The van der Waals surface area contributed by atoms with Gasteiger partial charge in [-0.05, 0) is 56.1 Å². The molecule has 3 nitrogen and oxygen atoms in total. The lowest BCUT2D eigenvalue weighted by molar-refractivity contribution is 0.573. The highest BCUT2D eigenvalue weighted by Gasteiger charge is 2.14. The molecule has 0 amide bonds. The van der Waals surface area contributed by atoms with Crippen LogP contribution in [0.1, 0.15) is 29.7 Å². The van der Waals surface area contributed by atoms with Gasteiger partial charge in [-0.25, -0.2) is 4.39 Å². The summed E-state index contributed by atoms with van der Waals surface area (Å²) in [5.41, 5.74) is 3.26. The van der Waals surface area contributed by atoms with Crippen molar-refractivity contribution in [2.75, 3.05) is 7.05 Å². The summed E-state index contributed by atoms with van der Waals surface area (Å²) in [5, 5.41) is 7.53. The van der Waals surface area contributed by atoms with Crippen LogP contribution in [0.4, 0.5) is 4.39 Å². The Labute approximate surface area is 113 Å². The van der Waals surface area contributed by atoms with Crippen LogP contribution in [0.5, 0.6) is 0 Å². The molecule has 0 spiro atoms. The Morgan fingerprint density at radius 1 is 1.42 bits per heavy atom. The molecule has 0 aliphatic heterocycles. The first-order valence-corrected chi connectivity index (χ1v) is 6.58. The molecule has 0 saturated carbocycles. The van der Waals surface area contributed by atoms with Gasteiger partial charge in [0, 0.05) is 18.8 Å². The maximum atomic E-state index is 13.4. The third-order valence-electron chi connectivity index (χ3n) is 3.42. The minimum Gasteiger partial charge on any atom is -0.313 e. The highest BCUT2D eigenvalue weighted by Crippen LogP contribution is 2.22. The molecule has 1 heterocycles. The van der Waals surface area contributed by atoms with Crippen LogP contribution in [0.3, 0.4) is 0 Å². The number of rotatable bonds is 5. The molecule has 2 aromatic rings. The number of nitrogens with one attached hydrogen (secondary N) is 1. The smallest absolute Gasteiger partial charge is 0.123 e. The normalized spacial score (nSPS) is 12.6. The van der Waals surface area contributed by atoms with E-state index >= 15 is 0 Å². The number of aromatic nitrogens is 2. The molecule has 1 unspecified atom stereocenters. The van der Waals surface area contributed by atoms with E-state index in [4.69, 9.17) is 0 Å². The Morgan fingerprint density at radius 2 is 2.21 bits per heavy atom. The summed E-state index contributed by atoms with van der Waals surface area (Å²) in [5.74, 6) is -0.190. The topological polar surface area (TPSA) is 29.9 Å². The minimum absolute atomic E-state index is 0.102. The molecular weight excluding hydrogens is 241 g/mol. The van der Waals surface area contributed by atoms with Gasteiger partial charge in [0.2, 0.25) is 0 Å². The zero-order chi connectivity index (χ0) is 13.8. The van der Waals surface area contributed by atoms with E-state index in [0.717, 1.165) is 29.7 Å². The Morgan fingerprint density at radius 3 is 2.84 bits per heavy atom. The summed E-state index contributed by atoms with van der Waals surface area (Å²) >= 11 is 0. The highest BCUT2D eigenvalue weighted by atomic mass is 19.1. The second kappa shape index (κ2) is 5.97. The van der Waals surface area contributed by atoms with Crippen molar-refractivity contribution in [1.82, 2.24) is 15.1 Å². The number of nitrogens with zero attached hydrogens (tertiary/aromatic N) is 2. The van der Waals surface area contributed by atoms with E-state index in [-0.39, 0.29) is 11.9 Å². The molecule has 0 aliphatic carbocycles. The Bertz CT molecular complexity index is 548. The van der Waals surface area contributed by atoms with Gasteiger partial charge in [0.1, 0.15) is 5.82 Å². The first-order chi connectivity index (χ1) is 9.13. The van der Waals surface area contributed by atoms with Crippen LogP contribution in [0.2, 0.25) is 0 Å². The third-order valence-corrected chi connectivity index (χ3v) is 3.42. The lowest BCUT2D eigenvalue weighted by Gasteiger charge is -2.18. The monoisotopic (exact) mass is 261 g/mol. The molecule has 4 heteroatoms. The van der Waals surface area contributed by atoms with Gasteiger partial charge in [-0.2, -0.15) is 5.10 Å². The average Bonchev–Trinajstić information content (AvgIpc) is 2.87. The molecule has 0 fully saturated rings. The van der Waals surface area contributed by atoms with E-state index in [1.807, 2.05) is 37.1 Å². The van der Waals surface area contributed by atoms with Gasteiger partial charge in [-0.15, -0.1) is 0 Å². The Kier molecular flexibility index (Phi) is 4.32. The van der Waals surface area contributed by atoms with Crippen molar-refractivity contribution in [2.45, 2.75) is 32.9 Å². The number of hydrogen-bond donors (Lipinski definition) is 1. The standard InChI is InChI=1S/C15H20FN3/c1-4-19-10-12(9-18-19)7-15(17-3)14-8-13(16)6-5-11(14)2/h5-6,8-10,15,17H,4,7H2,1-3H3. The molecule has 1 atom stereocenters. The lowest BCUT2D eigenvalue weighted by atomic mass is 9.96. The van der Waals surface area contributed by atoms with Gasteiger partial charge in [0.05, 0.1) is 6.20 Å². The largest absolute Gasteiger partial charge is 0.313 e. The van der Waals surface area contributed by atoms with Gasteiger partial charge in [-0.3, -0.25) is 4.68 Å². The third kappa shape index (κ3) is 3.20. The molecular formula is C15H20FN3. The van der Waals surface area contributed by atoms with Gasteiger partial charge in [-0.1, -0.05) is 6.07 Å². The quantitative estimate of drug-likeness (QED) is 0.897. The van der Waals surface area contributed by atoms with Gasteiger partial charge in [0.25, 0.3) is 0 Å². The van der Waals surface area contributed by atoms with Crippen molar-refractivity contribution in [3.05, 3.63) is 53.1 Å². The Hall–Kier alpha value is -1.68. The first kappa shape index (κ1) is 13.7. The van der Waals surface area contributed by atoms with Crippen LogP contribution >= 0.6 is 0 Å². The molecule has 2 rings (SSSR count). The van der Waals surface area contributed by atoms with Crippen molar-refractivity contribution in [1.29, 1.82) is 0 Å². The van der Waals surface area contributed by atoms with Crippen molar-refractivity contribution in [3.8, 4) is 0 Å². The maximum absolute atomic E-state index is 13.4. The summed E-state index contributed by atoms with van der Waals surface area (Å²) in [7, 11) is 1.90. The predicted octanol–water partition coefficient (Wildman–Crippen LogP) is 2.85. The molecule has 1 aromatic carbocycles. The molecule has 0 saturated heterocycles. The van der Waals surface area contributed by atoms with Gasteiger partial charge >= 0.3 is 0 Å². The van der Waals surface area contributed by atoms with Crippen LogP contribution in [-0.2, 0) is 13.0 Å². The summed E-state index contributed by atoms with van der Waals surface area (Å²) in [6, 6.07) is 5.04. The lowest BCUT2D eigenvalue weighted by Crippen LogP contribution is -2.19. The van der Waals surface area contributed by atoms with Crippen molar-refractivity contribution < 1.29 is 4.39 Å². The molecule has 0 aliphatic rings. The van der Waals surface area contributed by atoms with E-state index in [1.165, 1.54) is 6.07 Å². The predicted molar refractivity (Wildman–Crippen MR) is 74.5 cm³/mol. The molecule has 19 heavy (non-hydrogen) atoms.